The van der Waals surface area contributed by atoms with Crippen molar-refractivity contribution in [3.8, 4) is 0 Å². The molecule has 2 aromatic carbocycles. The molecule has 0 saturated heterocycles. The molecule has 31 heavy (non-hydrogen) atoms. The van der Waals surface area contributed by atoms with Crippen molar-refractivity contribution in [2.75, 3.05) is 10.6 Å². The number of anilines is 2. The summed E-state index contributed by atoms with van der Waals surface area (Å²) in [5.41, 5.74) is 4.66. The number of hydrogen-bond donors (Lipinski definition) is 2. The van der Waals surface area contributed by atoms with Gasteiger partial charge in [0.2, 0.25) is 0 Å². The lowest BCUT2D eigenvalue weighted by Gasteiger charge is -2.07. The van der Waals surface area contributed by atoms with Crippen LogP contribution in [0.5, 0.6) is 0 Å². The fourth-order valence-electron chi connectivity index (χ4n) is 4.05. The molecule has 2 heterocycles. The average molecular weight is 412 g/mol. The number of nitrogens with one attached hydrogen (secondary N) is 2. The Morgan fingerprint density at radius 1 is 1.03 bits per heavy atom. The van der Waals surface area contributed by atoms with Gasteiger partial charge in [-0.15, -0.1) is 0 Å². The number of furan rings is 1. The van der Waals surface area contributed by atoms with Crippen LogP contribution in [0.2, 0.25) is 0 Å². The van der Waals surface area contributed by atoms with E-state index in [1.54, 1.807) is 48.5 Å². The average Bonchev–Trinajstić information content (AvgIpc) is 3.34. The Balaban J connectivity index is 1.42. The first kappa shape index (κ1) is 19.1. The quantitative estimate of drug-likeness (QED) is 0.480. The van der Waals surface area contributed by atoms with Gasteiger partial charge in [0.1, 0.15) is 17.8 Å². The van der Waals surface area contributed by atoms with Crippen molar-refractivity contribution in [1.82, 2.24) is 0 Å². The number of hydrogen-bond acceptors (Lipinski definition) is 4. The van der Waals surface area contributed by atoms with E-state index in [-0.39, 0.29) is 11.8 Å². The second-order valence-electron chi connectivity index (χ2n) is 7.77. The van der Waals surface area contributed by atoms with Crippen LogP contribution in [-0.4, -0.2) is 18.1 Å². The first-order valence-electron chi connectivity index (χ1n) is 10.3. The minimum atomic E-state index is -0.293. The number of benzene rings is 2. The molecular formula is C25H20N2O4. The van der Waals surface area contributed by atoms with E-state index in [2.05, 4.69) is 10.6 Å². The summed E-state index contributed by atoms with van der Waals surface area (Å²) < 4.78 is 5.95. The summed E-state index contributed by atoms with van der Waals surface area (Å²) in [6, 6.07) is 13.7. The second-order valence-corrected chi connectivity index (χ2v) is 7.77. The lowest BCUT2D eigenvalue weighted by Crippen LogP contribution is -2.11. The summed E-state index contributed by atoms with van der Waals surface area (Å²) in [5, 5.41) is 5.71. The smallest absolute Gasteiger partial charge is 0.256 e. The van der Waals surface area contributed by atoms with E-state index in [9.17, 15) is 14.4 Å². The lowest BCUT2D eigenvalue weighted by atomic mass is 9.98. The first-order chi connectivity index (χ1) is 15.1. The molecule has 0 atom stereocenters. The summed E-state index contributed by atoms with van der Waals surface area (Å²) in [7, 11) is 0. The van der Waals surface area contributed by atoms with Crippen LogP contribution in [0.25, 0.3) is 11.6 Å². The highest BCUT2D eigenvalue weighted by molar-refractivity contribution is 6.35. The van der Waals surface area contributed by atoms with Gasteiger partial charge < -0.3 is 15.1 Å². The lowest BCUT2D eigenvalue weighted by molar-refractivity contribution is -0.110. The van der Waals surface area contributed by atoms with Crippen LogP contribution in [-0.2, 0) is 17.6 Å². The molecule has 154 valence electrons. The van der Waals surface area contributed by atoms with Crippen LogP contribution in [0.15, 0.2) is 52.9 Å². The topological polar surface area (TPSA) is 88.4 Å². The van der Waals surface area contributed by atoms with E-state index in [1.165, 1.54) is 5.56 Å². The van der Waals surface area contributed by atoms with Gasteiger partial charge in [-0.2, -0.15) is 0 Å². The van der Waals surface area contributed by atoms with Gasteiger partial charge in [-0.3, -0.25) is 14.4 Å². The fraction of sp³-hybridized carbons (Fsp3) is 0.160. The summed E-state index contributed by atoms with van der Waals surface area (Å²) in [4.78, 5) is 35.9. The highest BCUT2D eigenvalue weighted by Gasteiger charge is 2.26. The molecule has 0 radical (unpaired) electrons. The molecule has 1 aliphatic heterocycles. The highest BCUT2D eigenvalue weighted by atomic mass is 16.3. The molecule has 1 aromatic heterocycles. The minimum Gasteiger partial charge on any atom is -0.461 e. The maximum absolute atomic E-state index is 12.6. The summed E-state index contributed by atoms with van der Waals surface area (Å²) in [6.07, 6.45) is 6.73. The molecular weight excluding hydrogens is 392 g/mol. The third kappa shape index (κ3) is 3.68. The SMILES string of the molecule is O=Cc1ccc(C(=O)Nc2ccc3c(c2)C(=Cc2cc4c(o2)CCCC4)C(=O)N3)cc1. The molecule has 3 aromatic rings. The van der Waals surface area contributed by atoms with Gasteiger partial charge in [-0.05, 0) is 67.3 Å². The van der Waals surface area contributed by atoms with Gasteiger partial charge in [-0.25, -0.2) is 0 Å². The van der Waals surface area contributed by atoms with E-state index in [0.29, 0.717) is 39.4 Å². The Morgan fingerprint density at radius 3 is 2.61 bits per heavy atom. The Hall–Kier alpha value is -3.93. The van der Waals surface area contributed by atoms with E-state index in [1.807, 2.05) is 6.07 Å². The number of carbonyl (C=O) groups is 3. The molecule has 5 rings (SSSR count). The van der Waals surface area contributed by atoms with Crippen molar-refractivity contribution in [3.05, 3.63) is 82.3 Å². The normalized spacial score (nSPS) is 15.9. The molecule has 0 saturated carbocycles. The van der Waals surface area contributed by atoms with E-state index >= 15 is 0 Å². The number of rotatable bonds is 4. The predicted octanol–water partition coefficient (Wildman–Crippen LogP) is 4.72. The Morgan fingerprint density at radius 2 is 1.84 bits per heavy atom. The van der Waals surface area contributed by atoms with Crippen LogP contribution < -0.4 is 10.6 Å². The summed E-state index contributed by atoms with van der Waals surface area (Å²) in [5.74, 6) is 1.20. The van der Waals surface area contributed by atoms with E-state index < -0.39 is 0 Å². The molecule has 0 unspecified atom stereocenters. The molecule has 2 amide bonds. The molecule has 2 aliphatic rings. The highest BCUT2D eigenvalue weighted by Crippen LogP contribution is 2.36. The van der Waals surface area contributed by atoms with E-state index in [4.69, 9.17) is 4.42 Å². The maximum Gasteiger partial charge on any atom is 0.256 e. The van der Waals surface area contributed by atoms with Crippen molar-refractivity contribution in [1.29, 1.82) is 0 Å². The van der Waals surface area contributed by atoms with Gasteiger partial charge >= 0.3 is 0 Å². The van der Waals surface area contributed by atoms with Crippen molar-refractivity contribution in [3.63, 3.8) is 0 Å². The molecule has 2 N–H and O–H groups in total. The molecule has 1 aliphatic carbocycles. The van der Waals surface area contributed by atoms with Crippen molar-refractivity contribution in [2.45, 2.75) is 25.7 Å². The van der Waals surface area contributed by atoms with Gasteiger partial charge in [0.25, 0.3) is 11.8 Å². The van der Waals surface area contributed by atoms with Crippen molar-refractivity contribution >= 4 is 41.1 Å². The fourth-order valence-corrected chi connectivity index (χ4v) is 4.05. The summed E-state index contributed by atoms with van der Waals surface area (Å²) >= 11 is 0. The van der Waals surface area contributed by atoms with Gasteiger partial charge in [0, 0.05) is 34.5 Å². The third-order valence-electron chi connectivity index (χ3n) is 5.67. The number of carbonyl (C=O) groups excluding carboxylic acids is 3. The first-order valence-corrected chi connectivity index (χ1v) is 10.3. The predicted molar refractivity (Wildman–Crippen MR) is 118 cm³/mol. The third-order valence-corrected chi connectivity index (χ3v) is 5.67. The molecule has 6 heteroatoms. The van der Waals surface area contributed by atoms with Crippen molar-refractivity contribution < 1.29 is 18.8 Å². The van der Waals surface area contributed by atoms with Gasteiger partial charge in [0.15, 0.2) is 0 Å². The number of aryl methyl sites for hydroxylation is 2. The van der Waals surface area contributed by atoms with Crippen LogP contribution in [0.1, 0.15) is 56.2 Å². The van der Waals surface area contributed by atoms with Crippen LogP contribution in [0, 0.1) is 0 Å². The molecule has 0 bridgehead atoms. The largest absolute Gasteiger partial charge is 0.461 e. The zero-order valence-corrected chi connectivity index (χ0v) is 16.7. The van der Waals surface area contributed by atoms with Crippen molar-refractivity contribution in [2.24, 2.45) is 0 Å². The van der Waals surface area contributed by atoms with E-state index in [0.717, 1.165) is 37.7 Å². The number of fused-ring (bicyclic) bond motifs is 2. The van der Waals surface area contributed by atoms with Crippen LogP contribution in [0.4, 0.5) is 11.4 Å². The number of amides is 2. The zero-order valence-electron chi connectivity index (χ0n) is 16.7. The van der Waals surface area contributed by atoms with Crippen LogP contribution in [0.3, 0.4) is 0 Å². The van der Waals surface area contributed by atoms with Crippen LogP contribution >= 0.6 is 0 Å². The monoisotopic (exact) mass is 412 g/mol. The molecule has 0 fully saturated rings. The minimum absolute atomic E-state index is 0.197. The zero-order chi connectivity index (χ0) is 21.4. The molecule has 0 spiro atoms. The Labute approximate surface area is 179 Å². The molecule has 6 nitrogen and oxygen atoms in total. The Bertz CT molecular complexity index is 1210. The maximum atomic E-state index is 12.6. The Kier molecular flexibility index (Phi) is 4.75. The van der Waals surface area contributed by atoms with Gasteiger partial charge in [-0.1, -0.05) is 12.1 Å². The number of aldehydes is 1. The van der Waals surface area contributed by atoms with Gasteiger partial charge in [0.05, 0.1) is 5.57 Å². The second kappa shape index (κ2) is 7.72. The standard InChI is InChI=1S/C25H20N2O4/c28-14-15-5-7-16(8-6-15)24(29)26-18-9-10-22-20(12-18)21(25(30)27-22)13-19-11-17-3-1-2-4-23(17)31-19/h5-14H,1-4H2,(H,26,29)(H,27,30). The summed E-state index contributed by atoms with van der Waals surface area (Å²) in [6.45, 7) is 0.